The van der Waals surface area contributed by atoms with Crippen LogP contribution in [0, 0.1) is 0 Å². The maximum absolute atomic E-state index is 9.10. The number of nitrogen functional groups attached to an aromatic ring is 1. The van der Waals surface area contributed by atoms with Crippen LogP contribution in [0.3, 0.4) is 0 Å². The first-order valence-corrected chi connectivity index (χ1v) is 6.08. The lowest BCUT2D eigenvalue weighted by Gasteiger charge is -2.26. The van der Waals surface area contributed by atoms with Gasteiger partial charge in [0.1, 0.15) is 0 Å². The van der Waals surface area contributed by atoms with Crippen molar-refractivity contribution >= 4 is 5.69 Å². The van der Waals surface area contributed by atoms with Crippen molar-refractivity contribution in [3.05, 3.63) is 29.3 Å². The molecule has 1 saturated heterocycles. The van der Waals surface area contributed by atoms with Crippen LogP contribution in [-0.2, 0) is 17.8 Å². The fourth-order valence-electron chi connectivity index (χ4n) is 2.08. The number of ether oxygens (including phenoxy) is 1. The van der Waals surface area contributed by atoms with E-state index in [1.54, 1.807) is 0 Å². The highest BCUT2D eigenvalue weighted by Crippen LogP contribution is 2.15. The van der Waals surface area contributed by atoms with E-state index in [0.717, 1.165) is 56.1 Å². The van der Waals surface area contributed by atoms with Gasteiger partial charge in [0, 0.05) is 25.3 Å². The molecule has 0 amide bonds. The fraction of sp³-hybridized carbons (Fsp3) is 0.538. The van der Waals surface area contributed by atoms with Crippen molar-refractivity contribution < 1.29 is 9.84 Å². The van der Waals surface area contributed by atoms with Crippen LogP contribution in [0.4, 0.5) is 5.69 Å². The van der Waals surface area contributed by atoms with E-state index in [0.29, 0.717) is 0 Å². The number of hydrogen-bond donors (Lipinski definition) is 2. The molecule has 1 aromatic rings. The fourth-order valence-corrected chi connectivity index (χ4v) is 2.08. The third-order valence-electron chi connectivity index (χ3n) is 3.19. The first-order chi connectivity index (χ1) is 8.29. The molecule has 1 aromatic carbocycles. The molecule has 0 saturated carbocycles. The maximum Gasteiger partial charge on any atom is 0.0681 e. The zero-order valence-electron chi connectivity index (χ0n) is 10.1. The third-order valence-corrected chi connectivity index (χ3v) is 3.19. The molecule has 4 heteroatoms. The van der Waals surface area contributed by atoms with Gasteiger partial charge in [-0.25, -0.2) is 0 Å². The molecule has 2 rings (SSSR count). The van der Waals surface area contributed by atoms with Gasteiger partial charge in [-0.15, -0.1) is 0 Å². The van der Waals surface area contributed by atoms with Crippen LogP contribution in [0.25, 0.3) is 0 Å². The minimum Gasteiger partial charge on any atom is -0.399 e. The van der Waals surface area contributed by atoms with E-state index in [4.69, 9.17) is 15.6 Å². The second-order valence-corrected chi connectivity index (χ2v) is 4.40. The van der Waals surface area contributed by atoms with E-state index < -0.39 is 0 Å². The first kappa shape index (κ1) is 12.4. The molecule has 1 heterocycles. The Balaban J connectivity index is 1.92. The first-order valence-electron chi connectivity index (χ1n) is 6.08. The Bertz CT molecular complexity index is 362. The summed E-state index contributed by atoms with van der Waals surface area (Å²) in [6.07, 6.45) is 0.930. The molecule has 0 bridgehead atoms. The zero-order valence-corrected chi connectivity index (χ0v) is 10.1. The third kappa shape index (κ3) is 3.43. The maximum atomic E-state index is 9.10. The molecule has 1 aliphatic heterocycles. The van der Waals surface area contributed by atoms with Crippen molar-refractivity contribution in [3.8, 4) is 0 Å². The van der Waals surface area contributed by atoms with Gasteiger partial charge in [-0.1, -0.05) is 12.1 Å². The van der Waals surface area contributed by atoms with E-state index in [1.165, 1.54) is 0 Å². The zero-order chi connectivity index (χ0) is 12.1. The number of nitrogens with zero attached hydrogens (tertiary/aromatic N) is 1. The molecule has 0 aliphatic carbocycles. The van der Waals surface area contributed by atoms with Gasteiger partial charge in [0.2, 0.25) is 0 Å². The number of benzene rings is 1. The van der Waals surface area contributed by atoms with Crippen molar-refractivity contribution in [3.63, 3.8) is 0 Å². The lowest BCUT2D eigenvalue weighted by Crippen LogP contribution is -2.37. The van der Waals surface area contributed by atoms with E-state index in [-0.39, 0.29) is 6.61 Å². The molecule has 0 aromatic heterocycles. The summed E-state index contributed by atoms with van der Waals surface area (Å²) in [5.41, 5.74) is 8.80. The Morgan fingerprint density at radius 3 is 2.76 bits per heavy atom. The van der Waals surface area contributed by atoms with Gasteiger partial charge >= 0.3 is 0 Å². The SMILES string of the molecule is Nc1ccc(CO)cc1CCN1CCOCC1. The lowest BCUT2D eigenvalue weighted by molar-refractivity contribution is 0.0384. The van der Waals surface area contributed by atoms with Crippen LogP contribution in [0.1, 0.15) is 11.1 Å². The molecule has 94 valence electrons. The molecule has 1 fully saturated rings. The Morgan fingerprint density at radius 1 is 1.29 bits per heavy atom. The number of anilines is 1. The standard InChI is InChI=1S/C13H20N2O2/c14-13-2-1-11(10-16)9-12(13)3-4-15-5-7-17-8-6-15/h1-2,9,16H,3-8,10,14H2. The van der Waals surface area contributed by atoms with Gasteiger partial charge in [-0.05, 0) is 23.6 Å². The van der Waals surface area contributed by atoms with E-state index in [9.17, 15) is 0 Å². The molecule has 1 aliphatic rings. The second kappa shape index (κ2) is 6.00. The normalized spacial score (nSPS) is 17.2. The van der Waals surface area contributed by atoms with Gasteiger partial charge in [-0.3, -0.25) is 4.90 Å². The summed E-state index contributed by atoms with van der Waals surface area (Å²) in [4.78, 5) is 2.38. The van der Waals surface area contributed by atoms with Crippen molar-refractivity contribution in [2.24, 2.45) is 0 Å². The van der Waals surface area contributed by atoms with Crippen LogP contribution < -0.4 is 5.73 Å². The molecule has 17 heavy (non-hydrogen) atoms. The van der Waals surface area contributed by atoms with Gasteiger partial charge in [-0.2, -0.15) is 0 Å². The number of aliphatic hydroxyl groups is 1. The minimum absolute atomic E-state index is 0.0742. The largest absolute Gasteiger partial charge is 0.399 e. The average molecular weight is 236 g/mol. The van der Waals surface area contributed by atoms with Gasteiger partial charge < -0.3 is 15.6 Å². The summed E-state index contributed by atoms with van der Waals surface area (Å²) < 4.78 is 5.31. The monoisotopic (exact) mass is 236 g/mol. The minimum atomic E-state index is 0.0742. The number of aliphatic hydroxyl groups excluding tert-OH is 1. The van der Waals surface area contributed by atoms with Crippen molar-refractivity contribution in [1.82, 2.24) is 4.90 Å². The molecular weight excluding hydrogens is 216 g/mol. The summed E-state index contributed by atoms with van der Waals surface area (Å²) in [5, 5.41) is 9.10. The smallest absolute Gasteiger partial charge is 0.0681 e. The van der Waals surface area contributed by atoms with Crippen LogP contribution >= 0.6 is 0 Å². The molecule has 0 radical (unpaired) electrons. The number of hydrogen-bond acceptors (Lipinski definition) is 4. The Morgan fingerprint density at radius 2 is 2.06 bits per heavy atom. The van der Waals surface area contributed by atoms with Crippen molar-refractivity contribution in [1.29, 1.82) is 0 Å². The highest BCUT2D eigenvalue weighted by molar-refractivity contribution is 5.48. The molecule has 0 spiro atoms. The summed E-state index contributed by atoms with van der Waals surface area (Å²) in [6, 6.07) is 5.74. The van der Waals surface area contributed by atoms with Crippen LogP contribution in [0.15, 0.2) is 18.2 Å². The number of nitrogens with two attached hydrogens (primary N) is 1. The average Bonchev–Trinajstić information content (AvgIpc) is 2.39. The van der Waals surface area contributed by atoms with E-state index in [1.807, 2.05) is 18.2 Å². The van der Waals surface area contributed by atoms with Crippen LogP contribution in [0.2, 0.25) is 0 Å². The van der Waals surface area contributed by atoms with Crippen LogP contribution in [-0.4, -0.2) is 42.9 Å². The van der Waals surface area contributed by atoms with E-state index in [2.05, 4.69) is 4.90 Å². The highest BCUT2D eigenvalue weighted by Gasteiger charge is 2.10. The summed E-state index contributed by atoms with van der Waals surface area (Å²) >= 11 is 0. The lowest BCUT2D eigenvalue weighted by atomic mass is 10.1. The Hall–Kier alpha value is -1.10. The van der Waals surface area contributed by atoms with E-state index >= 15 is 0 Å². The van der Waals surface area contributed by atoms with Crippen LogP contribution in [0.5, 0.6) is 0 Å². The molecule has 0 atom stereocenters. The Kier molecular flexibility index (Phi) is 4.36. The van der Waals surface area contributed by atoms with Crippen molar-refractivity contribution in [2.75, 3.05) is 38.6 Å². The van der Waals surface area contributed by atoms with Gasteiger partial charge in [0.25, 0.3) is 0 Å². The molecule has 0 unspecified atom stereocenters. The Labute approximate surface area is 102 Å². The molecule has 4 nitrogen and oxygen atoms in total. The molecule has 3 N–H and O–H groups in total. The summed E-state index contributed by atoms with van der Waals surface area (Å²) in [5.74, 6) is 0. The summed E-state index contributed by atoms with van der Waals surface area (Å²) in [6.45, 7) is 4.73. The topological polar surface area (TPSA) is 58.7 Å². The number of rotatable bonds is 4. The quantitative estimate of drug-likeness (QED) is 0.753. The number of morpholine rings is 1. The predicted octanol–water partition coefficient (Wildman–Crippen LogP) is 0.636. The van der Waals surface area contributed by atoms with Gasteiger partial charge in [0.05, 0.1) is 19.8 Å². The summed E-state index contributed by atoms with van der Waals surface area (Å²) in [7, 11) is 0. The highest BCUT2D eigenvalue weighted by atomic mass is 16.5. The molecular formula is C13H20N2O2. The predicted molar refractivity (Wildman–Crippen MR) is 67.7 cm³/mol. The van der Waals surface area contributed by atoms with Crippen molar-refractivity contribution in [2.45, 2.75) is 13.0 Å². The van der Waals surface area contributed by atoms with Gasteiger partial charge in [0.15, 0.2) is 0 Å². The second-order valence-electron chi connectivity index (χ2n) is 4.40.